The highest BCUT2D eigenvalue weighted by Gasteiger charge is 2.18. The fourth-order valence-electron chi connectivity index (χ4n) is 2.12. The third kappa shape index (κ3) is 4.66. The molecule has 1 heterocycles. The molecule has 0 saturated heterocycles. The second kappa shape index (κ2) is 7.92. The van der Waals surface area contributed by atoms with Gasteiger partial charge in [-0.05, 0) is 49.1 Å². The molecule has 1 aromatic carbocycles. The van der Waals surface area contributed by atoms with Crippen LogP contribution in [0.25, 0.3) is 0 Å². The van der Waals surface area contributed by atoms with Crippen LogP contribution in [-0.4, -0.2) is 32.3 Å². The number of carbonyl (C=O) groups excluding carboxylic acids is 1. The van der Waals surface area contributed by atoms with Crippen molar-refractivity contribution < 1.29 is 13.2 Å². The quantitative estimate of drug-likeness (QED) is 0.819. The summed E-state index contributed by atoms with van der Waals surface area (Å²) in [5, 5.41) is 1.97. The molecule has 0 bridgehead atoms. The van der Waals surface area contributed by atoms with Crippen LogP contribution in [0.5, 0.6) is 0 Å². The lowest BCUT2D eigenvalue weighted by Crippen LogP contribution is -2.32. The van der Waals surface area contributed by atoms with Crippen LogP contribution in [0.1, 0.15) is 35.5 Å². The first-order valence-electron chi connectivity index (χ1n) is 7.73. The zero-order valence-electron chi connectivity index (χ0n) is 14.0. The van der Waals surface area contributed by atoms with Gasteiger partial charge in [0.05, 0.1) is 11.4 Å². The van der Waals surface area contributed by atoms with E-state index in [4.69, 9.17) is 0 Å². The summed E-state index contributed by atoms with van der Waals surface area (Å²) in [6.07, 6.45) is 0.712. The van der Waals surface area contributed by atoms with Gasteiger partial charge in [-0.2, -0.15) is 0 Å². The molecule has 0 fully saturated rings. The van der Waals surface area contributed by atoms with Gasteiger partial charge in [-0.1, -0.05) is 13.0 Å². The van der Waals surface area contributed by atoms with Gasteiger partial charge in [0.1, 0.15) is 0 Å². The van der Waals surface area contributed by atoms with Crippen LogP contribution in [0.4, 0.5) is 0 Å². The lowest BCUT2D eigenvalue weighted by atomic mass is 10.2. The number of hydrogen-bond donors (Lipinski definition) is 1. The highest BCUT2D eigenvalue weighted by atomic mass is 32.2. The van der Waals surface area contributed by atoms with Crippen molar-refractivity contribution >= 4 is 27.3 Å². The Kier molecular flexibility index (Phi) is 6.15. The fraction of sp³-hybridized carbons (Fsp3) is 0.353. The van der Waals surface area contributed by atoms with E-state index in [1.54, 1.807) is 35.4 Å². The molecular formula is C17H22N2O3S2. The van der Waals surface area contributed by atoms with Crippen LogP contribution in [0.2, 0.25) is 0 Å². The molecule has 2 aromatic rings. The van der Waals surface area contributed by atoms with E-state index in [2.05, 4.69) is 4.72 Å². The number of amides is 1. The summed E-state index contributed by atoms with van der Waals surface area (Å²) in [5.74, 6) is -0.137. The molecule has 1 N–H and O–H groups in total. The molecule has 0 saturated carbocycles. The Bertz CT molecular complexity index is 769. The maximum atomic E-state index is 12.4. The zero-order chi connectivity index (χ0) is 17.7. The highest BCUT2D eigenvalue weighted by molar-refractivity contribution is 7.89. The van der Waals surface area contributed by atoms with Gasteiger partial charge in [0, 0.05) is 23.5 Å². The lowest BCUT2D eigenvalue weighted by molar-refractivity contribution is 0.0786. The van der Waals surface area contributed by atoms with Gasteiger partial charge in [0.15, 0.2) is 0 Å². The number of nitrogens with one attached hydrogen (secondary N) is 1. The molecule has 0 spiro atoms. The summed E-state index contributed by atoms with van der Waals surface area (Å²) >= 11 is 1.60. The summed E-state index contributed by atoms with van der Waals surface area (Å²) in [5.41, 5.74) is 0.469. The standard InChI is InChI=1S/C17H22N2O3S2/c1-4-13(2)18-24(21,22)16-9-7-14(8-10-16)17(20)19(3)12-15-6-5-11-23-15/h5-11,13,18H,4,12H2,1-3H3. The number of hydrogen-bond acceptors (Lipinski definition) is 4. The van der Waals surface area contributed by atoms with E-state index in [1.807, 2.05) is 31.4 Å². The molecule has 1 atom stereocenters. The Labute approximate surface area is 147 Å². The number of rotatable bonds is 7. The van der Waals surface area contributed by atoms with Crippen molar-refractivity contribution in [3.63, 3.8) is 0 Å². The molecule has 1 amide bonds. The van der Waals surface area contributed by atoms with Crippen LogP contribution >= 0.6 is 11.3 Å². The van der Waals surface area contributed by atoms with Gasteiger partial charge in [0.25, 0.3) is 5.91 Å². The van der Waals surface area contributed by atoms with E-state index < -0.39 is 10.0 Å². The monoisotopic (exact) mass is 366 g/mol. The summed E-state index contributed by atoms with van der Waals surface area (Å²) < 4.78 is 27.0. The van der Waals surface area contributed by atoms with Gasteiger partial charge in [0.2, 0.25) is 10.0 Å². The molecule has 24 heavy (non-hydrogen) atoms. The topological polar surface area (TPSA) is 66.5 Å². The van der Waals surface area contributed by atoms with Crippen molar-refractivity contribution in [1.29, 1.82) is 0 Å². The summed E-state index contributed by atoms with van der Waals surface area (Å²) in [6, 6.07) is 9.84. The van der Waals surface area contributed by atoms with E-state index in [0.29, 0.717) is 18.5 Å². The van der Waals surface area contributed by atoms with Crippen LogP contribution in [0.15, 0.2) is 46.7 Å². The number of nitrogens with zero attached hydrogens (tertiary/aromatic N) is 1. The van der Waals surface area contributed by atoms with E-state index in [0.717, 1.165) is 4.88 Å². The zero-order valence-corrected chi connectivity index (χ0v) is 15.7. The molecule has 1 unspecified atom stereocenters. The Hall–Kier alpha value is -1.70. The molecule has 0 aliphatic rings. The Balaban J connectivity index is 2.09. The first kappa shape index (κ1) is 18.6. The average Bonchev–Trinajstić information content (AvgIpc) is 3.06. The van der Waals surface area contributed by atoms with Gasteiger partial charge in [-0.15, -0.1) is 11.3 Å². The minimum absolute atomic E-state index is 0.131. The van der Waals surface area contributed by atoms with Gasteiger partial charge in [-0.25, -0.2) is 13.1 Å². The number of thiophene rings is 1. The van der Waals surface area contributed by atoms with Crippen molar-refractivity contribution in [1.82, 2.24) is 9.62 Å². The summed E-state index contributed by atoms with van der Waals surface area (Å²) in [7, 11) is -1.82. The summed E-state index contributed by atoms with van der Waals surface area (Å²) in [4.78, 5) is 15.3. The largest absolute Gasteiger partial charge is 0.337 e. The maximum Gasteiger partial charge on any atom is 0.253 e. The van der Waals surface area contributed by atoms with E-state index in [-0.39, 0.29) is 16.8 Å². The lowest BCUT2D eigenvalue weighted by Gasteiger charge is -2.17. The van der Waals surface area contributed by atoms with Crippen molar-refractivity contribution in [2.45, 2.75) is 37.8 Å². The van der Waals surface area contributed by atoms with E-state index in [1.165, 1.54) is 12.1 Å². The van der Waals surface area contributed by atoms with Gasteiger partial charge < -0.3 is 4.90 Å². The average molecular weight is 367 g/mol. The minimum atomic E-state index is -3.55. The van der Waals surface area contributed by atoms with Crippen LogP contribution in [0, 0.1) is 0 Å². The van der Waals surface area contributed by atoms with Gasteiger partial charge in [-0.3, -0.25) is 4.79 Å². The third-order valence-electron chi connectivity index (χ3n) is 3.70. The van der Waals surface area contributed by atoms with Gasteiger partial charge >= 0.3 is 0 Å². The molecule has 5 nitrogen and oxygen atoms in total. The van der Waals surface area contributed by atoms with Crippen molar-refractivity contribution in [2.24, 2.45) is 0 Å². The summed E-state index contributed by atoms with van der Waals surface area (Å²) in [6.45, 7) is 4.26. The normalized spacial score (nSPS) is 12.8. The van der Waals surface area contributed by atoms with Crippen LogP contribution in [0.3, 0.4) is 0 Å². The highest BCUT2D eigenvalue weighted by Crippen LogP contribution is 2.15. The molecule has 0 aliphatic heterocycles. The fourth-order valence-corrected chi connectivity index (χ4v) is 4.21. The van der Waals surface area contributed by atoms with E-state index >= 15 is 0 Å². The number of sulfonamides is 1. The molecule has 0 radical (unpaired) electrons. The predicted octanol–water partition coefficient (Wildman–Crippen LogP) is 3.10. The Morgan fingerprint density at radius 2 is 1.92 bits per heavy atom. The smallest absolute Gasteiger partial charge is 0.253 e. The van der Waals surface area contributed by atoms with Crippen LogP contribution < -0.4 is 4.72 Å². The number of benzene rings is 1. The molecule has 7 heteroatoms. The Morgan fingerprint density at radius 3 is 2.46 bits per heavy atom. The first-order chi connectivity index (χ1) is 11.3. The first-order valence-corrected chi connectivity index (χ1v) is 10.1. The van der Waals surface area contributed by atoms with Crippen LogP contribution in [-0.2, 0) is 16.6 Å². The molecule has 2 rings (SSSR count). The minimum Gasteiger partial charge on any atom is -0.337 e. The molecule has 130 valence electrons. The number of carbonyl (C=O) groups is 1. The van der Waals surface area contributed by atoms with Crippen molar-refractivity contribution in [3.05, 3.63) is 52.2 Å². The van der Waals surface area contributed by atoms with Crippen molar-refractivity contribution in [2.75, 3.05) is 7.05 Å². The maximum absolute atomic E-state index is 12.4. The molecule has 1 aromatic heterocycles. The molecule has 0 aliphatic carbocycles. The predicted molar refractivity (Wildman–Crippen MR) is 96.6 cm³/mol. The second-order valence-corrected chi connectivity index (χ2v) is 8.44. The second-order valence-electron chi connectivity index (χ2n) is 5.70. The Morgan fingerprint density at radius 1 is 1.25 bits per heavy atom. The third-order valence-corrected chi connectivity index (χ3v) is 6.17. The van der Waals surface area contributed by atoms with Crippen molar-refractivity contribution in [3.8, 4) is 0 Å². The van der Waals surface area contributed by atoms with E-state index in [9.17, 15) is 13.2 Å². The SMILES string of the molecule is CCC(C)NS(=O)(=O)c1ccc(C(=O)N(C)Cc2cccs2)cc1. The molecular weight excluding hydrogens is 344 g/mol.